The van der Waals surface area contributed by atoms with Gasteiger partial charge in [0.05, 0.1) is 46.7 Å². The van der Waals surface area contributed by atoms with Crippen molar-refractivity contribution in [1.29, 1.82) is 5.26 Å². The van der Waals surface area contributed by atoms with E-state index in [9.17, 15) is 14.9 Å². The van der Waals surface area contributed by atoms with E-state index in [0.717, 1.165) is 63.5 Å². The zero-order chi connectivity index (χ0) is 47.0. The third-order valence-corrected chi connectivity index (χ3v) is 13.6. The van der Waals surface area contributed by atoms with Crippen LogP contribution in [0.1, 0.15) is 98.6 Å². The number of amides is 2. The first-order valence-electron chi connectivity index (χ1n) is 22.0. The first-order valence-corrected chi connectivity index (χ1v) is 22.8. The standard InChI is InChI=1S/C46H54F5N7O6S/c1-9-57(32-14-17-58(24(32)2)42(60)64-44(6,7)8)38-28-18-30(46(49,50)51)34(27-12-13-31(47)37-33(27)29(19-52)39(65-37)55-41(59)63-43(3,4)5)35(48)36(28)53-40(54-38)61-23-45(15-16-45)22-56-20-25-10-11-26(21-56)62-25/h12-13,18,24-26,32H,9-11,14-17,20-23H2,1-8H3,(H,55,59)/t24-,25?,26?,32-/m1/s1. The number of benzene rings is 2. The van der Waals surface area contributed by atoms with Gasteiger partial charge in [0.1, 0.15) is 39.4 Å². The van der Waals surface area contributed by atoms with Crippen molar-refractivity contribution in [3.8, 4) is 23.2 Å². The number of nitrogens with one attached hydrogen (secondary N) is 1. The van der Waals surface area contributed by atoms with Crippen molar-refractivity contribution in [3.05, 3.63) is 41.0 Å². The van der Waals surface area contributed by atoms with Crippen LogP contribution in [0.2, 0.25) is 0 Å². The average Bonchev–Trinajstić information content (AvgIpc) is 3.50. The number of hydrogen-bond donors (Lipinski definition) is 1. The summed E-state index contributed by atoms with van der Waals surface area (Å²) in [6, 6.07) is 3.31. The minimum absolute atomic E-state index is 0.0257. The van der Waals surface area contributed by atoms with Crippen LogP contribution in [0.5, 0.6) is 6.01 Å². The molecular weight excluding hydrogens is 874 g/mol. The highest BCUT2D eigenvalue weighted by Crippen LogP contribution is 2.50. The number of carbonyl (C=O) groups excluding carboxylic acids is 2. The molecule has 1 N–H and O–H groups in total. The Morgan fingerprint density at radius 2 is 1.71 bits per heavy atom. The third-order valence-electron chi connectivity index (χ3n) is 12.5. The van der Waals surface area contributed by atoms with Gasteiger partial charge in [0, 0.05) is 54.5 Å². The van der Waals surface area contributed by atoms with Crippen molar-refractivity contribution in [2.75, 3.05) is 49.5 Å². The molecule has 2 unspecified atom stereocenters. The molecule has 2 bridgehead atoms. The largest absolute Gasteiger partial charge is 0.463 e. The molecule has 2 amide bonds. The number of fused-ring (bicyclic) bond motifs is 4. The lowest BCUT2D eigenvalue weighted by atomic mass is 9.92. The summed E-state index contributed by atoms with van der Waals surface area (Å²) < 4.78 is 103. The maximum absolute atomic E-state index is 17.8. The number of carbonyl (C=O) groups is 2. The van der Waals surface area contributed by atoms with E-state index >= 15 is 22.0 Å². The molecular formula is C46H54F5N7O6S. The van der Waals surface area contributed by atoms with Crippen LogP contribution >= 0.6 is 11.3 Å². The Hall–Kier alpha value is -5.06. The van der Waals surface area contributed by atoms with Crippen molar-refractivity contribution in [3.63, 3.8) is 0 Å². The van der Waals surface area contributed by atoms with E-state index in [1.807, 2.05) is 13.0 Å². The summed E-state index contributed by atoms with van der Waals surface area (Å²) in [5.41, 5.74) is -5.68. The normalized spacial score (nSPS) is 22.0. The molecule has 3 saturated heterocycles. The highest BCUT2D eigenvalue weighted by Gasteiger charge is 2.48. The molecule has 65 heavy (non-hydrogen) atoms. The van der Waals surface area contributed by atoms with Crippen molar-refractivity contribution >= 4 is 55.3 Å². The maximum Gasteiger partial charge on any atom is 0.417 e. The second-order valence-electron chi connectivity index (χ2n) is 19.7. The number of rotatable bonds is 10. The van der Waals surface area contributed by atoms with Crippen LogP contribution in [-0.4, -0.2) is 107 Å². The first kappa shape index (κ1) is 46.5. The van der Waals surface area contributed by atoms with Crippen molar-refractivity contribution in [2.45, 2.75) is 129 Å². The van der Waals surface area contributed by atoms with Gasteiger partial charge in [0.2, 0.25) is 0 Å². The average molecular weight is 928 g/mol. The van der Waals surface area contributed by atoms with Crippen molar-refractivity contribution in [1.82, 2.24) is 19.8 Å². The van der Waals surface area contributed by atoms with Gasteiger partial charge in [-0.05, 0) is 105 Å². The van der Waals surface area contributed by atoms with Gasteiger partial charge in [-0.15, -0.1) is 11.3 Å². The first-order chi connectivity index (χ1) is 30.5. The fourth-order valence-corrected chi connectivity index (χ4v) is 10.5. The molecule has 13 nitrogen and oxygen atoms in total. The van der Waals surface area contributed by atoms with Gasteiger partial charge in [-0.1, -0.05) is 6.07 Å². The number of thiophene rings is 1. The SMILES string of the molecule is CCN(c1nc(OCC2(CN3CC4CCC(C3)O4)CC2)nc2c(F)c(-c3ccc(F)c4sc(NC(=O)OC(C)(C)C)c(C#N)c34)c(C(F)(F)F)cc12)[C@@H]1CCN(C(=O)OC(C)(C)C)[C@@H]1C. The molecule has 5 heterocycles. The summed E-state index contributed by atoms with van der Waals surface area (Å²) in [6.07, 6.45) is -2.19. The molecule has 19 heteroatoms. The summed E-state index contributed by atoms with van der Waals surface area (Å²) in [7, 11) is 0. The topological polar surface area (TPSA) is 142 Å². The minimum Gasteiger partial charge on any atom is -0.463 e. The lowest BCUT2D eigenvalue weighted by Crippen LogP contribution is -2.47. The highest BCUT2D eigenvalue weighted by molar-refractivity contribution is 7.23. The molecule has 3 aliphatic heterocycles. The second kappa shape index (κ2) is 17.0. The molecule has 4 aromatic rings. The number of likely N-dealkylation sites (tertiary alicyclic amines) is 2. The Morgan fingerprint density at radius 1 is 1.03 bits per heavy atom. The number of hydrogen-bond acceptors (Lipinski definition) is 12. The molecule has 1 saturated carbocycles. The number of morpholine rings is 1. The second-order valence-corrected chi connectivity index (χ2v) is 20.7. The summed E-state index contributed by atoms with van der Waals surface area (Å²) in [6.45, 7) is 16.7. The van der Waals surface area contributed by atoms with E-state index in [4.69, 9.17) is 23.9 Å². The molecule has 2 aromatic carbocycles. The van der Waals surface area contributed by atoms with E-state index in [1.165, 1.54) is 0 Å². The predicted molar refractivity (Wildman–Crippen MR) is 235 cm³/mol. The van der Waals surface area contributed by atoms with Gasteiger partial charge in [0.25, 0.3) is 0 Å². The van der Waals surface area contributed by atoms with E-state index in [2.05, 4.69) is 15.2 Å². The summed E-state index contributed by atoms with van der Waals surface area (Å²) in [5.74, 6) is -2.33. The van der Waals surface area contributed by atoms with Crippen molar-refractivity contribution < 1.29 is 50.5 Å². The summed E-state index contributed by atoms with van der Waals surface area (Å²) in [5, 5.41) is 12.0. The van der Waals surface area contributed by atoms with E-state index < -0.39 is 75.5 Å². The Morgan fingerprint density at radius 3 is 2.31 bits per heavy atom. The number of nitriles is 1. The summed E-state index contributed by atoms with van der Waals surface area (Å²) >= 11 is 0.610. The van der Waals surface area contributed by atoms with Gasteiger partial charge in [-0.3, -0.25) is 10.2 Å². The van der Waals surface area contributed by atoms with Gasteiger partial charge in [0.15, 0.2) is 5.82 Å². The molecule has 8 rings (SSSR count). The minimum atomic E-state index is -5.19. The quantitative estimate of drug-likeness (QED) is 0.152. The van der Waals surface area contributed by atoms with E-state index in [0.29, 0.717) is 17.8 Å². The van der Waals surface area contributed by atoms with Crippen LogP contribution in [0.25, 0.3) is 32.1 Å². The molecule has 4 fully saturated rings. The van der Waals surface area contributed by atoms with Gasteiger partial charge >= 0.3 is 24.4 Å². The van der Waals surface area contributed by atoms with Crippen LogP contribution in [0.3, 0.4) is 0 Å². The van der Waals surface area contributed by atoms with Crippen LogP contribution in [-0.2, 0) is 20.4 Å². The zero-order valence-corrected chi connectivity index (χ0v) is 38.6. The smallest absolute Gasteiger partial charge is 0.417 e. The predicted octanol–water partition coefficient (Wildman–Crippen LogP) is 10.3. The Balaban J connectivity index is 1.26. The lowest BCUT2D eigenvalue weighted by molar-refractivity contribution is -0.137. The molecule has 2 aromatic heterocycles. The van der Waals surface area contributed by atoms with Crippen LogP contribution < -0.4 is 15.0 Å². The van der Waals surface area contributed by atoms with Gasteiger partial charge in [-0.2, -0.15) is 28.4 Å². The number of ether oxygens (including phenoxy) is 4. The molecule has 1 aliphatic carbocycles. The zero-order valence-electron chi connectivity index (χ0n) is 37.8. The lowest BCUT2D eigenvalue weighted by Gasteiger charge is -2.35. The van der Waals surface area contributed by atoms with E-state index in [1.54, 1.807) is 58.3 Å². The van der Waals surface area contributed by atoms with Gasteiger partial charge in [-0.25, -0.2) is 18.4 Å². The number of aromatic nitrogens is 2. The van der Waals surface area contributed by atoms with Crippen LogP contribution in [0.4, 0.5) is 42.4 Å². The number of likely N-dealkylation sites (N-methyl/N-ethyl adjacent to an activating group) is 1. The number of nitrogens with zero attached hydrogens (tertiary/aromatic N) is 6. The Labute approximate surface area is 378 Å². The molecule has 350 valence electrons. The van der Waals surface area contributed by atoms with E-state index in [-0.39, 0.29) is 75.2 Å². The van der Waals surface area contributed by atoms with Gasteiger partial charge < -0.3 is 28.7 Å². The highest BCUT2D eigenvalue weighted by atomic mass is 32.1. The fourth-order valence-electron chi connectivity index (χ4n) is 9.44. The van der Waals surface area contributed by atoms with Crippen molar-refractivity contribution in [2.24, 2.45) is 5.41 Å². The maximum atomic E-state index is 17.8. The summed E-state index contributed by atoms with van der Waals surface area (Å²) in [4.78, 5) is 41.1. The number of halogens is 5. The van der Waals surface area contributed by atoms with Crippen LogP contribution in [0.15, 0.2) is 18.2 Å². The monoisotopic (exact) mass is 927 g/mol. The molecule has 4 aliphatic rings. The number of anilines is 2. The Kier molecular flexibility index (Phi) is 12.1. The van der Waals surface area contributed by atoms with Crippen LogP contribution in [0, 0.1) is 28.4 Å². The molecule has 0 radical (unpaired) electrons. The Bertz CT molecular complexity index is 2550. The molecule has 4 atom stereocenters. The fraction of sp³-hybridized carbons (Fsp3) is 0.587. The number of alkyl halides is 3. The third kappa shape index (κ3) is 9.48. The molecule has 0 spiro atoms.